The van der Waals surface area contributed by atoms with Crippen LogP contribution in [-0.2, 0) is 11.3 Å². The van der Waals surface area contributed by atoms with Gasteiger partial charge in [-0.25, -0.2) is 0 Å². The molecule has 106 valence electrons. The first-order valence-corrected chi connectivity index (χ1v) is 6.95. The lowest BCUT2D eigenvalue weighted by Gasteiger charge is -2.39. The van der Waals surface area contributed by atoms with Gasteiger partial charge in [0, 0.05) is 51.7 Å². The first-order valence-electron chi connectivity index (χ1n) is 6.95. The maximum Gasteiger partial charge on any atom is 0.240 e. The van der Waals surface area contributed by atoms with Gasteiger partial charge < -0.3 is 15.2 Å². The fourth-order valence-electron chi connectivity index (χ4n) is 2.40. The van der Waals surface area contributed by atoms with Crippen molar-refractivity contribution in [2.24, 2.45) is 0 Å². The Kier molecular flexibility index (Phi) is 4.61. The molecule has 0 unspecified atom stereocenters. The van der Waals surface area contributed by atoms with Crippen LogP contribution in [0.3, 0.4) is 0 Å². The average Bonchev–Trinajstić information content (AvgIpc) is 2.93. The molecule has 0 radical (unpaired) electrons. The summed E-state index contributed by atoms with van der Waals surface area (Å²) >= 11 is 0. The van der Waals surface area contributed by atoms with Crippen LogP contribution in [0.4, 0.5) is 0 Å². The Morgan fingerprint density at radius 1 is 1.26 bits per heavy atom. The number of nitrogens with zero attached hydrogens (tertiary/aromatic N) is 2. The Bertz CT molecular complexity index is 394. The van der Waals surface area contributed by atoms with Gasteiger partial charge in [-0.2, -0.15) is 0 Å². The van der Waals surface area contributed by atoms with Gasteiger partial charge in [-0.05, 0) is 26.0 Å². The zero-order valence-electron chi connectivity index (χ0n) is 11.9. The van der Waals surface area contributed by atoms with Crippen molar-refractivity contribution in [2.75, 3.05) is 32.7 Å². The minimum absolute atomic E-state index is 0.113. The molecule has 5 nitrogen and oxygen atoms in total. The first-order chi connectivity index (χ1) is 9.10. The second kappa shape index (κ2) is 6.21. The Morgan fingerprint density at radius 2 is 1.89 bits per heavy atom. The van der Waals surface area contributed by atoms with Gasteiger partial charge in [0.15, 0.2) is 0 Å². The molecule has 1 saturated heterocycles. The Morgan fingerprint density at radius 3 is 2.53 bits per heavy atom. The molecule has 0 atom stereocenters. The van der Waals surface area contributed by atoms with E-state index in [2.05, 4.69) is 20.1 Å². The predicted octanol–water partition coefficient (Wildman–Crippen LogP) is 0.288. The standard InChI is InChI=1S/C14H24N4O/c1-14(2,18-11-5-15-6-12-18)13(19)16-7-10-17-8-3-4-9-17/h3-4,8-9,15H,5-7,10-12H2,1-2H3,(H,16,19). The summed E-state index contributed by atoms with van der Waals surface area (Å²) in [5.74, 6) is 0.113. The molecule has 0 spiro atoms. The number of hydrogen-bond acceptors (Lipinski definition) is 3. The maximum absolute atomic E-state index is 12.3. The molecule has 1 fully saturated rings. The van der Waals surface area contributed by atoms with Crippen LogP contribution in [0.25, 0.3) is 0 Å². The third-order valence-corrected chi connectivity index (χ3v) is 3.78. The minimum atomic E-state index is -0.432. The second-order valence-electron chi connectivity index (χ2n) is 5.47. The van der Waals surface area contributed by atoms with Crippen molar-refractivity contribution < 1.29 is 4.79 Å². The molecular formula is C14H24N4O. The number of carbonyl (C=O) groups excluding carboxylic acids is 1. The highest BCUT2D eigenvalue weighted by Gasteiger charge is 2.34. The lowest BCUT2D eigenvalue weighted by atomic mass is 10.0. The molecule has 2 rings (SSSR count). The van der Waals surface area contributed by atoms with E-state index in [1.807, 2.05) is 38.4 Å². The fraction of sp³-hybridized carbons (Fsp3) is 0.643. The fourth-order valence-corrected chi connectivity index (χ4v) is 2.40. The SMILES string of the molecule is CC(C)(C(=O)NCCn1cccc1)N1CCNCC1. The molecule has 5 heteroatoms. The van der Waals surface area contributed by atoms with E-state index in [-0.39, 0.29) is 5.91 Å². The summed E-state index contributed by atoms with van der Waals surface area (Å²) in [6.07, 6.45) is 4.02. The largest absolute Gasteiger partial charge is 0.353 e. The molecular weight excluding hydrogens is 240 g/mol. The number of rotatable bonds is 5. The van der Waals surface area contributed by atoms with E-state index >= 15 is 0 Å². The maximum atomic E-state index is 12.3. The average molecular weight is 264 g/mol. The third kappa shape index (κ3) is 3.58. The molecule has 2 N–H and O–H groups in total. The molecule has 1 aromatic rings. The van der Waals surface area contributed by atoms with E-state index in [1.165, 1.54) is 0 Å². The van der Waals surface area contributed by atoms with E-state index in [0.717, 1.165) is 32.7 Å². The van der Waals surface area contributed by atoms with Crippen molar-refractivity contribution in [2.45, 2.75) is 25.9 Å². The lowest BCUT2D eigenvalue weighted by Crippen LogP contribution is -2.60. The van der Waals surface area contributed by atoms with Gasteiger partial charge in [0.1, 0.15) is 0 Å². The lowest BCUT2D eigenvalue weighted by molar-refractivity contribution is -0.132. The van der Waals surface area contributed by atoms with Crippen molar-refractivity contribution in [3.8, 4) is 0 Å². The van der Waals surface area contributed by atoms with Crippen molar-refractivity contribution in [1.29, 1.82) is 0 Å². The van der Waals surface area contributed by atoms with Gasteiger partial charge in [-0.15, -0.1) is 0 Å². The topological polar surface area (TPSA) is 49.3 Å². The zero-order valence-corrected chi connectivity index (χ0v) is 11.9. The normalized spacial score (nSPS) is 17.4. The number of nitrogens with one attached hydrogen (secondary N) is 2. The molecule has 0 bridgehead atoms. The van der Waals surface area contributed by atoms with Crippen molar-refractivity contribution >= 4 is 5.91 Å². The molecule has 1 aliphatic heterocycles. The van der Waals surface area contributed by atoms with E-state index in [0.29, 0.717) is 6.54 Å². The highest BCUT2D eigenvalue weighted by molar-refractivity contribution is 5.85. The molecule has 2 heterocycles. The Hall–Kier alpha value is -1.33. The number of piperazine rings is 1. The zero-order chi connectivity index (χ0) is 13.7. The number of amides is 1. The van der Waals surface area contributed by atoms with Crippen LogP contribution in [0.1, 0.15) is 13.8 Å². The van der Waals surface area contributed by atoms with Gasteiger partial charge in [0.25, 0.3) is 0 Å². The number of carbonyl (C=O) groups is 1. The van der Waals surface area contributed by atoms with Gasteiger partial charge in [0.05, 0.1) is 5.54 Å². The molecule has 19 heavy (non-hydrogen) atoms. The summed E-state index contributed by atoms with van der Waals surface area (Å²) in [5, 5.41) is 6.35. The Balaban J connectivity index is 1.80. The van der Waals surface area contributed by atoms with Crippen molar-refractivity contribution in [3.05, 3.63) is 24.5 Å². The third-order valence-electron chi connectivity index (χ3n) is 3.78. The molecule has 0 aromatic carbocycles. The van der Waals surface area contributed by atoms with Crippen LogP contribution in [0.5, 0.6) is 0 Å². The van der Waals surface area contributed by atoms with Crippen molar-refractivity contribution in [1.82, 2.24) is 20.1 Å². The molecule has 1 amide bonds. The highest BCUT2D eigenvalue weighted by Crippen LogP contribution is 2.15. The van der Waals surface area contributed by atoms with Gasteiger partial charge >= 0.3 is 0 Å². The minimum Gasteiger partial charge on any atom is -0.353 e. The van der Waals surface area contributed by atoms with Crippen LogP contribution in [-0.4, -0.2) is 53.6 Å². The second-order valence-corrected chi connectivity index (χ2v) is 5.47. The van der Waals surface area contributed by atoms with Crippen LogP contribution < -0.4 is 10.6 Å². The van der Waals surface area contributed by atoms with E-state index in [9.17, 15) is 4.79 Å². The summed E-state index contributed by atoms with van der Waals surface area (Å²) in [6.45, 7) is 9.27. The Labute approximate surface area is 115 Å². The van der Waals surface area contributed by atoms with Gasteiger partial charge in [0.2, 0.25) is 5.91 Å². The smallest absolute Gasteiger partial charge is 0.240 e. The molecule has 1 aliphatic rings. The monoisotopic (exact) mass is 264 g/mol. The van der Waals surface area contributed by atoms with Gasteiger partial charge in [-0.1, -0.05) is 0 Å². The molecule has 1 aromatic heterocycles. The van der Waals surface area contributed by atoms with E-state index in [4.69, 9.17) is 0 Å². The van der Waals surface area contributed by atoms with Crippen LogP contribution in [0, 0.1) is 0 Å². The van der Waals surface area contributed by atoms with Crippen LogP contribution in [0.15, 0.2) is 24.5 Å². The van der Waals surface area contributed by atoms with Crippen LogP contribution >= 0.6 is 0 Å². The van der Waals surface area contributed by atoms with E-state index in [1.54, 1.807) is 0 Å². The summed E-state index contributed by atoms with van der Waals surface area (Å²) < 4.78 is 2.07. The quantitative estimate of drug-likeness (QED) is 0.803. The summed E-state index contributed by atoms with van der Waals surface area (Å²) in [7, 11) is 0. The number of hydrogen-bond donors (Lipinski definition) is 2. The summed E-state index contributed by atoms with van der Waals surface area (Å²) in [5.41, 5.74) is -0.432. The molecule has 0 aliphatic carbocycles. The van der Waals surface area contributed by atoms with E-state index < -0.39 is 5.54 Å². The summed E-state index contributed by atoms with van der Waals surface area (Å²) in [6, 6.07) is 3.99. The van der Waals surface area contributed by atoms with Crippen molar-refractivity contribution in [3.63, 3.8) is 0 Å². The predicted molar refractivity (Wildman–Crippen MR) is 76.0 cm³/mol. The first kappa shape index (κ1) is 14.1. The molecule has 0 saturated carbocycles. The van der Waals surface area contributed by atoms with Gasteiger partial charge in [-0.3, -0.25) is 9.69 Å². The summed E-state index contributed by atoms with van der Waals surface area (Å²) in [4.78, 5) is 14.6. The highest BCUT2D eigenvalue weighted by atomic mass is 16.2. The number of aromatic nitrogens is 1. The van der Waals surface area contributed by atoms with Crippen LogP contribution in [0.2, 0.25) is 0 Å².